The maximum atomic E-state index is 11.2. The molecule has 0 saturated carbocycles. The summed E-state index contributed by atoms with van der Waals surface area (Å²) in [5.74, 6) is -0.214. The zero-order chi connectivity index (χ0) is 10.6. The first-order chi connectivity index (χ1) is 5.74. The summed E-state index contributed by atoms with van der Waals surface area (Å²) in [5, 5.41) is 6.99. The van der Waals surface area contributed by atoms with Crippen LogP contribution in [0.4, 0.5) is 0 Å². The molecule has 0 aliphatic rings. The van der Waals surface area contributed by atoms with Crippen LogP contribution in [0.3, 0.4) is 0 Å². The van der Waals surface area contributed by atoms with Crippen LogP contribution in [0.1, 0.15) is 20.8 Å². The average molecular weight is 208 g/mol. The van der Waals surface area contributed by atoms with Crippen LogP contribution in [-0.4, -0.2) is 26.3 Å². The Balaban J connectivity index is 4.27. The molecule has 0 radical (unpaired) electrons. The van der Waals surface area contributed by atoms with Gasteiger partial charge < -0.3 is 5.73 Å². The van der Waals surface area contributed by atoms with E-state index in [0.29, 0.717) is 0 Å². The molecule has 0 spiro atoms. The Bertz CT molecular complexity index is 272. The Hall–Kier alpha value is -0.660. The van der Waals surface area contributed by atoms with Gasteiger partial charge in [-0.15, -0.1) is 0 Å². The van der Waals surface area contributed by atoms with Crippen molar-refractivity contribution in [1.82, 2.24) is 9.44 Å². The second-order valence-corrected chi connectivity index (χ2v) is 4.55. The van der Waals surface area contributed by atoms with Crippen molar-refractivity contribution in [3.8, 4) is 0 Å². The Labute approximate surface area is 78.6 Å². The molecule has 6 nitrogen and oxygen atoms in total. The van der Waals surface area contributed by atoms with E-state index in [1.54, 1.807) is 13.8 Å². The lowest BCUT2D eigenvalue weighted by atomic mass is 10.3. The first-order valence-corrected chi connectivity index (χ1v) is 5.36. The Kier molecular flexibility index (Phi) is 4.31. The van der Waals surface area contributed by atoms with Gasteiger partial charge in [-0.05, 0) is 20.8 Å². The van der Waals surface area contributed by atoms with Crippen LogP contribution in [0.5, 0.6) is 0 Å². The average Bonchev–Trinajstić information content (AvgIpc) is 1.81. The summed E-state index contributed by atoms with van der Waals surface area (Å²) >= 11 is 0. The normalized spacial score (nSPS) is 14.5. The van der Waals surface area contributed by atoms with Gasteiger partial charge >= 0.3 is 0 Å². The number of rotatable bonds is 5. The van der Waals surface area contributed by atoms with Gasteiger partial charge in [0.15, 0.2) is 0 Å². The molecule has 0 rings (SSSR count). The minimum absolute atomic E-state index is 0.184. The standard InChI is InChI=1S/C6H16N4O2S/c1-4(2)9-13(11,12)10-5(3)6(7)8/h4-5,9-10H,1-3H3,(H3,7,8). The van der Waals surface area contributed by atoms with Gasteiger partial charge in [0.25, 0.3) is 10.2 Å². The van der Waals surface area contributed by atoms with E-state index < -0.39 is 16.3 Å². The van der Waals surface area contributed by atoms with Crippen molar-refractivity contribution in [2.24, 2.45) is 5.73 Å². The maximum Gasteiger partial charge on any atom is 0.277 e. The van der Waals surface area contributed by atoms with Crippen molar-refractivity contribution in [3.63, 3.8) is 0 Å². The largest absolute Gasteiger partial charge is 0.386 e. The molecule has 5 N–H and O–H groups in total. The van der Waals surface area contributed by atoms with Gasteiger partial charge in [-0.1, -0.05) is 0 Å². The van der Waals surface area contributed by atoms with Gasteiger partial charge in [0.05, 0.1) is 6.04 Å². The van der Waals surface area contributed by atoms with Crippen molar-refractivity contribution in [2.45, 2.75) is 32.9 Å². The predicted octanol–water partition coefficient (Wildman–Crippen LogP) is -0.857. The summed E-state index contributed by atoms with van der Waals surface area (Å²) in [6.07, 6.45) is 0. The summed E-state index contributed by atoms with van der Waals surface area (Å²) in [6.45, 7) is 4.91. The molecule has 0 aromatic rings. The van der Waals surface area contributed by atoms with E-state index in [9.17, 15) is 8.42 Å². The predicted molar refractivity (Wildman–Crippen MR) is 51.7 cm³/mol. The molecule has 1 atom stereocenters. The Morgan fingerprint density at radius 1 is 1.31 bits per heavy atom. The first-order valence-electron chi connectivity index (χ1n) is 3.88. The number of nitrogens with one attached hydrogen (secondary N) is 3. The van der Waals surface area contributed by atoms with Crippen LogP contribution in [0, 0.1) is 5.41 Å². The van der Waals surface area contributed by atoms with Crippen LogP contribution in [-0.2, 0) is 10.2 Å². The Morgan fingerprint density at radius 3 is 2.08 bits per heavy atom. The van der Waals surface area contributed by atoms with Gasteiger partial charge in [-0.25, -0.2) is 0 Å². The molecule has 0 aliphatic heterocycles. The van der Waals surface area contributed by atoms with E-state index in [0.717, 1.165) is 0 Å². The van der Waals surface area contributed by atoms with Crippen molar-refractivity contribution in [3.05, 3.63) is 0 Å². The summed E-state index contributed by atoms with van der Waals surface area (Å²) < 4.78 is 26.9. The summed E-state index contributed by atoms with van der Waals surface area (Å²) in [7, 11) is -3.55. The second-order valence-electron chi connectivity index (χ2n) is 3.07. The van der Waals surface area contributed by atoms with Crippen molar-refractivity contribution >= 4 is 16.0 Å². The molecule has 7 heteroatoms. The van der Waals surface area contributed by atoms with E-state index in [-0.39, 0.29) is 11.9 Å². The first kappa shape index (κ1) is 12.3. The van der Waals surface area contributed by atoms with E-state index in [2.05, 4.69) is 9.44 Å². The van der Waals surface area contributed by atoms with Gasteiger partial charge in [0, 0.05) is 6.04 Å². The zero-order valence-electron chi connectivity index (χ0n) is 7.96. The number of hydrogen-bond acceptors (Lipinski definition) is 3. The highest BCUT2D eigenvalue weighted by Gasteiger charge is 2.16. The third-order valence-corrected chi connectivity index (χ3v) is 2.63. The third kappa shape index (κ3) is 5.56. The summed E-state index contributed by atoms with van der Waals surface area (Å²) in [4.78, 5) is 0. The molecule has 0 aromatic heterocycles. The molecule has 13 heavy (non-hydrogen) atoms. The maximum absolute atomic E-state index is 11.2. The lowest BCUT2D eigenvalue weighted by molar-refractivity contribution is 0.551. The summed E-state index contributed by atoms with van der Waals surface area (Å²) in [6, 6.07) is -0.868. The van der Waals surface area contributed by atoms with E-state index >= 15 is 0 Å². The molecular weight excluding hydrogens is 192 g/mol. The fourth-order valence-corrected chi connectivity index (χ4v) is 1.92. The van der Waals surface area contributed by atoms with Crippen molar-refractivity contribution < 1.29 is 8.42 Å². The number of nitrogens with two attached hydrogens (primary N) is 1. The number of amidine groups is 1. The van der Waals surface area contributed by atoms with Crippen molar-refractivity contribution in [2.75, 3.05) is 0 Å². The lowest BCUT2D eigenvalue weighted by Crippen LogP contribution is -2.48. The molecule has 0 saturated heterocycles. The highest BCUT2D eigenvalue weighted by Crippen LogP contribution is 1.87. The SMILES string of the molecule is CC(C)NS(=O)(=O)NC(C)C(=N)N. The molecule has 0 bridgehead atoms. The topological polar surface area (TPSA) is 108 Å². The van der Waals surface area contributed by atoms with E-state index in [4.69, 9.17) is 11.1 Å². The lowest BCUT2D eigenvalue weighted by Gasteiger charge is -2.14. The fraction of sp³-hybridized carbons (Fsp3) is 0.833. The van der Waals surface area contributed by atoms with Gasteiger partial charge in [-0.2, -0.15) is 17.9 Å². The van der Waals surface area contributed by atoms with Crippen molar-refractivity contribution in [1.29, 1.82) is 5.41 Å². The molecule has 0 fully saturated rings. The molecule has 0 aromatic carbocycles. The van der Waals surface area contributed by atoms with Crippen LogP contribution in [0.25, 0.3) is 0 Å². The monoisotopic (exact) mass is 208 g/mol. The molecule has 78 valence electrons. The molecular formula is C6H16N4O2S. The molecule has 1 unspecified atom stereocenters. The van der Waals surface area contributed by atoms with Crippen LogP contribution < -0.4 is 15.2 Å². The van der Waals surface area contributed by atoms with Crippen LogP contribution >= 0.6 is 0 Å². The fourth-order valence-electron chi connectivity index (χ4n) is 0.641. The van der Waals surface area contributed by atoms with E-state index in [1.807, 2.05) is 0 Å². The summed E-state index contributed by atoms with van der Waals surface area (Å²) in [5.41, 5.74) is 5.10. The smallest absolute Gasteiger partial charge is 0.277 e. The van der Waals surface area contributed by atoms with Crippen LogP contribution in [0.15, 0.2) is 0 Å². The van der Waals surface area contributed by atoms with E-state index in [1.165, 1.54) is 6.92 Å². The molecule has 0 amide bonds. The highest BCUT2D eigenvalue weighted by molar-refractivity contribution is 7.87. The Morgan fingerprint density at radius 2 is 1.77 bits per heavy atom. The minimum atomic E-state index is -3.55. The minimum Gasteiger partial charge on any atom is -0.386 e. The van der Waals surface area contributed by atoms with Gasteiger partial charge in [0.2, 0.25) is 0 Å². The van der Waals surface area contributed by atoms with Gasteiger partial charge in [0.1, 0.15) is 5.84 Å². The van der Waals surface area contributed by atoms with Crippen LogP contribution in [0.2, 0.25) is 0 Å². The second kappa shape index (κ2) is 4.54. The molecule has 0 heterocycles. The molecule has 0 aliphatic carbocycles. The quantitative estimate of drug-likeness (QED) is 0.349. The zero-order valence-corrected chi connectivity index (χ0v) is 8.77. The third-order valence-electron chi connectivity index (χ3n) is 1.19. The van der Waals surface area contributed by atoms with Gasteiger partial charge in [-0.3, -0.25) is 5.41 Å². The number of hydrogen-bond donors (Lipinski definition) is 4. The highest BCUT2D eigenvalue weighted by atomic mass is 32.2.